The van der Waals surface area contributed by atoms with Gasteiger partial charge in [-0.05, 0) is 17.7 Å². The van der Waals surface area contributed by atoms with Crippen molar-refractivity contribution in [3.05, 3.63) is 71.2 Å². The van der Waals surface area contributed by atoms with Crippen LogP contribution in [0.25, 0.3) is 11.3 Å². The van der Waals surface area contributed by atoms with Crippen LogP contribution in [-0.2, 0) is 18.3 Å². The standard InChI is InChI=1S/C23H25N7OS/c1-24-20-12-17(9-10-25-20)18-13-21(30(3)28-18)27-23(31)19(11-16-7-5-4-6-8-16)29(2)22-14-32-15-26-22/h4-10,12-15,19H,11H2,1-3H3,(H,24,25)(H,27,31)/t19-/m0/s1. The summed E-state index contributed by atoms with van der Waals surface area (Å²) >= 11 is 1.50. The zero-order valence-electron chi connectivity index (χ0n) is 18.2. The summed E-state index contributed by atoms with van der Waals surface area (Å²) in [6.07, 6.45) is 2.29. The van der Waals surface area contributed by atoms with Crippen LogP contribution in [0.1, 0.15) is 5.56 Å². The average molecular weight is 448 g/mol. The molecule has 9 heteroatoms. The lowest BCUT2D eigenvalue weighted by molar-refractivity contribution is -0.117. The molecule has 0 bridgehead atoms. The Morgan fingerprint density at radius 2 is 2.00 bits per heavy atom. The monoisotopic (exact) mass is 447 g/mol. The van der Waals surface area contributed by atoms with Crippen molar-refractivity contribution in [1.29, 1.82) is 0 Å². The minimum absolute atomic E-state index is 0.121. The van der Waals surface area contributed by atoms with Gasteiger partial charge in [-0.25, -0.2) is 9.97 Å². The van der Waals surface area contributed by atoms with Gasteiger partial charge < -0.3 is 15.5 Å². The van der Waals surface area contributed by atoms with Gasteiger partial charge in [0, 0.05) is 50.8 Å². The van der Waals surface area contributed by atoms with E-state index in [1.54, 1.807) is 16.4 Å². The molecule has 164 valence electrons. The van der Waals surface area contributed by atoms with Gasteiger partial charge in [-0.1, -0.05) is 30.3 Å². The Kier molecular flexibility index (Phi) is 6.46. The van der Waals surface area contributed by atoms with Crippen LogP contribution < -0.4 is 15.5 Å². The molecule has 2 N–H and O–H groups in total. The van der Waals surface area contributed by atoms with E-state index < -0.39 is 6.04 Å². The van der Waals surface area contributed by atoms with Crippen LogP contribution in [0.5, 0.6) is 0 Å². The second kappa shape index (κ2) is 9.61. The zero-order chi connectivity index (χ0) is 22.5. The fourth-order valence-electron chi connectivity index (χ4n) is 3.44. The molecule has 8 nitrogen and oxygen atoms in total. The Balaban J connectivity index is 1.58. The highest BCUT2D eigenvalue weighted by Crippen LogP contribution is 2.24. The number of likely N-dealkylation sites (N-methyl/N-ethyl adjacent to an activating group) is 1. The number of benzene rings is 1. The SMILES string of the molecule is CNc1cc(-c2cc(NC(=O)[C@H](Cc3ccccc3)N(C)c3cscn3)n(C)n2)ccn1. The average Bonchev–Trinajstić information content (AvgIpc) is 3.48. The van der Waals surface area contributed by atoms with Crippen molar-refractivity contribution >= 4 is 34.7 Å². The minimum atomic E-state index is -0.435. The summed E-state index contributed by atoms with van der Waals surface area (Å²) in [5.74, 6) is 2.03. The third-order valence-corrected chi connectivity index (χ3v) is 5.84. The number of anilines is 3. The molecule has 1 amide bonds. The summed E-state index contributed by atoms with van der Waals surface area (Å²) in [6, 6.07) is 15.2. The number of rotatable bonds is 8. The lowest BCUT2D eigenvalue weighted by Gasteiger charge is -2.27. The normalized spacial score (nSPS) is 11.7. The summed E-state index contributed by atoms with van der Waals surface area (Å²) in [7, 11) is 5.53. The largest absolute Gasteiger partial charge is 0.373 e. The van der Waals surface area contributed by atoms with Crippen molar-refractivity contribution in [1.82, 2.24) is 19.7 Å². The second-order valence-electron chi connectivity index (χ2n) is 7.37. The first-order chi connectivity index (χ1) is 15.5. The predicted octanol–water partition coefficient (Wildman–Crippen LogP) is 3.67. The first kappa shape index (κ1) is 21.5. The highest BCUT2D eigenvalue weighted by Gasteiger charge is 2.26. The first-order valence-corrected chi connectivity index (χ1v) is 11.1. The topological polar surface area (TPSA) is 88.0 Å². The second-order valence-corrected chi connectivity index (χ2v) is 8.09. The number of hydrogen-bond donors (Lipinski definition) is 2. The molecule has 0 radical (unpaired) electrons. The molecular formula is C23H25N7OS. The maximum Gasteiger partial charge on any atom is 0.248 e. The van der Waals surface area contributed by atoms with E-state index in [1.807, 2.05) is 80.0 Å². The number of thiazole rings is 1. The predicted molar refractivity (Wildman–Crippen MR) is 129 cm³/mol. The summed E-state index contributed by atoms with van der Waals surface area (Å²) < 4.78 is 1.68. The molecule has 0 saturated carbocycles. The van der Waals surface area contributed by atoms with E-state index in [1.165, 1.54) is 11.3 Å². The third kappa shape index (κ3) is 4.78. The zero-order valence-corrected chi connectivity index (χ0v) is 19.0. The molecule has 1 atom stereocenters. The molecule has 0 unspecified atom stereocenters. The summed E-state index contributed by atoms with van der Waals surface area (Å²) in [5.41, 5.74) is 4.53. The van der Waals surface area contributed by atoms with E-state index in [0.717, 1.165) is 28.5 Å². The molecule has 0 spiro atoms. The molecule has 0 aliphatic rings. The van der Waals surface area contributed by atoms with E-state index >= 15 is 0 Å². The fraction of sp³-hybridized carbons (Fsp3) is 0.217. The summed E-state index contributed by atoms with van der Waals surface area (Å²) in [6.45, 7) is 0. The number of nitrogens with zero attached hydrogens (tertiary/aromatic N) is 5. The Hall–Kier alpha value is -3.72. The number of nitrogens with one attached hydrogen (secondary N) is 2. The quantitative estimate of drug-likeness (QED) is 0.429. The van der Waals surface area contributed by atoms with Crippen LogP contribution >= 0.6 is 11.3 Å². The molecule has 0 fully saturated rings. The maximum absolute atomic E-state index is 13.4. The Labute approximate surface area is 191 Å². The Bertz CT molecular complexity index is 1170. The Morgan fingerprint density at radius 1 is 1.19 bits per heavy atom. The highest BCUT2D eigenvalue weighted by molar-refractivity contribution is 7.07. The van der Waals surface area contributed by atoms with Crippen LogP contribution in [0.4, 0.5) is 17.5 Å². The fourth-order valence-corrected chi connectivity index (χ4v) is 4.02. The highest BCUT2D eigenvalue weighted by atomic mass is 32.1. The molecule has 0 aliphatic heterocycles. The van der Waals surface area contributed by atoms with Gasteiger partial charge in [-0.3, -0.25) is 9.48 Å². The van der Waals surface area contributed by atoms with Crippen LogP contribution in [0.15, 0.2) is 65.6 Å². The number of carbonyl (C=O) groups is 1. The third-order valence-electron chi connectivity index (χ3n) is 5.27. The van der Waals surface area contributed by atoms with Crippen molar-refractivity contribution in [3.63, 3.8) is 0 Å². The van der Waals surface area contributed by atoms with Gasteiger partial charge in [0.25, 0.3) is 0 Å². The molecule has 1 aromatic carbocycles. The van der Waals surface area contributed by atoms with Crippen molar-refractivity contribution in [2.45, 2.75) is 12.5 Å². The van der Waals surface area contributed by atoms with Gasteiger partial charge in [0.2, 0.25) is 5.91 Å². The number of carbonyl (C=O) groups excluding carboxylic acids is 1. The number of hydrogen-bond acceptors (Lipinski definition) is 7. The van der Waals surface area contributed by atoms with E-state index in [0.29, 0.717) is 12.2 Å². The van der Waals surface area contributed by atoms with Gasteiger partial charge >= 0.3 is 0 Å². The van der Waals surface area contributed by atoms with Gasteiger partial charge in [0.05, 0.1) is 11.2 Å². The van der Waals surface area contributed by atoms with Gasteiger partial charge in [-0.15, -0.1) is 11.3 Å². The van der Waals surface area contributed by atoms with Crippen molar-refractivity contribution in [2.24, 2.45) is 7.05 Å². The van der Waals surface area contributed by atoms with Gasteiger partial charge in [0.15, 0.2) is 0 Å². The molecule has 4 rings (SSSR count). The number of aryl methyl sites for hydroxylation is 1. The molecule has 3 heterocycles. The van der Waals surface area contributed by atoms with E-state index in [9.17, 15) is 4.79 Å². The molecule has 4 aromatic rings. The Morgan fingerprint density at radius 3 is 2.72 bits per heavy atom. The van der Waals surface area contributed by atoms with E-state index in [4.69, 9.17) is 0 Å². The van der Waals surface area contributed by atoms with Crippen molar-refractivity contribution < 1.29 is 4.79 Å². The molecule has 32 heavy (non-hydrogen) atoms. The summed E-state index contributed by atoms with van der Waals surface area (Å²) in [5, 5.41) is 12.6. The molecule has 3 aromatic heterocycles. The van der Waals surface area contributed by atoms with Crippen LogP contribution in [0, 0.1) is 0 Å². The van der Waals surface area contributed by atoms with Crippen molar-refractivity contribution in [3.8, 4) is 11.3 Å². The van der Waals surface area contributed by atoms with Crippen LogP contribution in [0.3, 0.4) is 0 Å². The smallest absolute Gasteiger partial charge is 0.248 e. The lowest BCUT2D eigenvalue weighted by atomic mass is 10.0. The molecular weight excluding hydrogens is 422 g/mol. The van der Waals surface area contributed by atoms with Crippen LogP contribution in [-0.4, -0.2) is 45.8 Å². The summed E-state index contributed by atoms with van der Waals surface area (Å²) in [4.78, 5) is 24.0. The number of aromatic nitrogens is 4. The maximum atomic E-state index is 13.4. The lowest BCUT2D eigenvalue weighted by Crippen LogP contribution is -2.44. The number of pyridine rings is 1. The molecule has 0 aliphatic carbocycles. The van der Waals surface area contributed by atoms with Crippen molar-refractivity contribution in [2.75, 3.05) is 29.6 Å². The minimum Gasteiger partial charge on any atom is -0.373 e. The van der Waals surface area contributed by atoms with E-state index in [2.05, 4.69) is 25.7 Å². The number of amides is 1. The first-order valence-electron chi connectivity index (χ1n) is 10.2. The van der Waals surface area contributed by atoms with Crippen LogP contribution in [0.2, 0.25) is 0 Å². The molecule has 0 saturated heterocycles. The van der Waals surface area contributed by atoms with E-state index in [-0.39, 0.29) is 5.91 Å². The van der Waals surface area contributed by atoms with Gasteiger partial charge in [-0.2, -0.15) is 5.10 Å². The van der Waals surface area contributed by atoms with Gasteiger partial charge in [0.1, 0.15) is 23.5 Å².